The van der Waals surface area contributed by atoms with Gasteiger partial charge in [0, 0.05) is 5.56 Å². The Morgan fingerprint density at radius 3 is 2.15 bits per heavy atom. The number of carbonyl (C=O) groups excluding carboxylic acids is 1. The van der Waals surface area contributed by atoms with E-state index in [0.717, 1.165) is 12.1 Å². The Morgan fingerprint density at radius 1 is 1.38 bits per heavy atom. The molecule has 0 fully saturated rings. The van der Waals surface area contributed by atoms with E-state index in [1.807, 2.05) is 5.92 Å². The molecule has 0 radical (unpaired) electrons. The summed E-state index contributed by atoms with van der Waals surface area (Å²) in [5.74, 6) is -0.0560. The number of hydrogen-bond donors (Lipinski definition) is 0. The first-order valence-corrected chi connectivity index (χ1v) is 3.59. The molecule has 0 aromatic heterocycles. The number of carbonyl (C=O) groups is 1. The Kier molecular flexibility index (Phi) is 2.64. The van der Waals surface area contributed by atoms with Gasteiger partial charge in [0.2, 0.25) is 0 Å². The highest BCUT2D eigenvalue weighted by atomic mass is 35.5. The fourth-order valence-corrected chi connectivity index (χ4v) is 1.02. The highest BCUT2D eigenvalue weighted by molar-refractivity contribution is 6.67. The molecule has 66 valence electrons. The van der Waals surface area contributed by atoms with Crippen LogP contribution in [0, 0.1) is 24.0 Å². The molecule has 0 aliphatic rings. The highest BCUT2D eigenvalue weighted by Crippen LogP contribution is 2.16. The summed E-state index contributed by atoms with van der Waals surface area (Å²) in [6, 6.07) is 1.75. The maximum Gasteiger partial charge on any atom is 0.258 e. The molecule has 4 heteroatoms. The number of hydrogen-bond acceptors (Lipinski definition) is 1. The van der Waals surface area contributed by atoms with Crippen molar-refractivity contribution in [2.75, 3.05) is 0 Å². The topological polar surface area (TPSA) is 17.1 Å². The van der Waals surface area contributed by atoms with E-state index in [2.05, 4.69) is 0 Å². The van der Waals surface area contributed by atoms with Gasteiger partial charge in [0.15, 0.2) is 0 Å². The molecule has 0 atom stereocenters. The van der Waals surface area contributed by atoms with Crippen molar-refractivity contribution in [3.05, 3.63) is 34.9 Å². The normalized spacial score (nSPS) is 9.38. The van der Waals surface area contributed by atoms with Crippen molar-refractivity contribution in [1.29, 1.82) is 0 Å². The van der Waals surface area contributed by atoms with Crippen LogP contribution in [0.1, 0.15) is 15.9 Å². The van der Waals surface area contributed by atoms with Gasteiger partial charge >= 0.3 is 0 Å². The first-order valence-electron chi connectivity index (χ1n) is 3.21. The molecule has 0 unspecified atom stereocenters. The van der Waals surface area contributed by atoms with Gasteiger partial charge in [-0.2, -0.15) is 0 Å². The fraction of sp³-hybridized carbons (Fsp3) is 0. The Balaban J connectivity index is 3.42. The van der Waals surface area contributed by atoms with Gasteiger partial charge in [0.25, 0.3) is 5.24 Å². The lowest BCUT2D eigenvalue weighted by molar-refractivity contribution is 0.107. The van der Waals surface area contributed by atoms with Crippen LogP contribution in [-0.4, -0.2) is 5.24 Å². The van der Waals surface area contributed by atoms with Crippen molar-refractivity contribution in [2.24, 2.45) is 0 Å². The molecule has 0 N–H and O–H groups in total. The van der Waals surface area contributed by atoms with Gasteiger partial charge in [0.05, 0.1) is 0 Å². The lowest BCUT2D eigenvalue weighted by Crippen LogP contribution is -2.00. The van der Waals surface area contributed by atoms with E-state index in [4.69, 9.17) is 18.0 Å². The zero-order chi connectivity index (χ0) is 10.0. The quantitative estimate of drug-likeness (QED) is 0.502. The predicted octanol–water partition coefficient (Wildman–Crippen LogP) is 2.33. The van der Waals surface area contributed by atoms with Crippen LogP contribution in [0.15, 0.2) is 12.1 Å². The highest BCUT2D eigenvalue weighted by Gasteiger charge is 2.15. The second kappa shape index (κ2) is 3.55. The monoisotopic (exact) mass is 200 g/mol. The molecule has 1 aromatic rings. The molecule has 13 heavy (non-hydrogen) atoms. The molecule has 0 saturated carbocycles. The average Bonchev–Trinajstić information content (AvgIpc) is 2.02. The zero-order valence-electron chi connectivity index (χ0n) is 6.27. The van der Waals surface area contributed by atoms with Crippen LogP contribution in [0.25, 0.3) is 0 Å². The molecule has 0 heterocycles. The van der Waals surface area contributed by atoms with Crippen molar-refractivity contribution < 1.29 is 13.6 Å². The van der Waals surface area contributed by atoms with Crippen molar-refractivity contribution in [3.8, 4) is 12.3 Å². The molecular formula is C9H3ClF2O. The third kappa shape index (κ3) is 1.85. The minimum absolute atomic E-state index is 0.0247. The van der Waals surface area contributed by atoms with Crippen LogP contribution < -0.4 is 0 Å². The SMILES string of the molecule is C#Cc1cc(F)c(C(=O)Cl)c(F)c1. The molecule has 0 bridgehead atoms. The lowest BCUT2D eigenvalue weighted by Gasteiger charge is -1.99. The Hall–Kier alpha value is -1.40. The van der Waals surface area contributed by atoms with Gasteiger partial charge in [-0.15, -0.1) is 6.42 Å². The smallest absolute Gasteiger partial charge is 0.258 e. The number of halogens is 3. The first kappa shape index (κ1) is 9.69. The lowest BCUT2D eigenvalue weighted by atomic mass is 10.1. The van der Waals surface area contributed by atoms with E-state index in [1.54, 1.807) is 0 Å². The maximum absolute atomic E-state index is 12.9. The summed E-state index contributed by atoms with van der Waals surface area (Å²) in [4.78, 5) is 10.5. The van der Waals surface area contributed by atoms with Crippen molar-refractivity contribution >= 4 is 16.8 Å². The summed E-state index contributed by atoms with van der Waals surface area (Å²) in [6.07, 6.45) is 4.91. The second-order valence-corrected chi connectivity index (χ2v) is 2.58. The van der Waals surface area contributed by atoms with Gasteiger partial charge in [0.1, 0.15) is 17.2 Å². The van der Waals surface area contributed by atoms with Crippen molar-refractivity contribution in [2.45, 2.75) is 0 Å². The minimum atomic E-state index is -1.18. The molecule has 0 aliphatic carbocycles. The van der Waals surface area contributed by atoms with Crippen LogP contribution in [-0.2, 0) is 0 Å². The van der Waals surface area contributed by atoms with E-state index in [1.165, 1.54) is 0 Å². The van der Waals surface area contributed by atoms with Crippen molar-refractivity contribution in [1.82, 2.24) is 0 Å². The molecule has 0 spiro atoms. The molecule has 0 amide bonds. The van der Waals surface area contributed by atoms with Crippen LogP contribution >= 0.6 is 11.6 Å². The van der Waals surface area contributed by atoms with E-state index in [-0.39, 0.29) is 5.56 Å². The summed E-state index contributed by atoms with van der Waals surface area (Å²) < 4.78 is 25.8. The standard InChI is InChI=1S/C9H3ClF2O/c1-2-5-3-6(11)8(9(10)13)7(12)4-5/h1,3-4H. The summed E-state index contributed by atoms with van der Waals surface area (Å²) in [5, 5.41) is -1.18. The summed E-state index contributed by atoms with van der Waals surface area (Å²) in [5.41, 5.74) is -0.752. The predicted molar refractivity (Wildman–Crippen MR) is 44.5 cm³/mol. The van der Waals surface area contributed by atoms with Crippen LogP contribution in [0.4, 0.5) is 8.78 Å². The van der Waals surface area contributed by atoms with E-state index in [0.29, 0.717) is 0 Å². The minimum Gasteiger partial charge on any atom is -0.275 e. The largest absolute Gasteiger partial charge is 0.275 e. The summed E-state index contributed by atoms with van der Waals surface area (Å²) in [6.45, 7) is 0. The van der Waals surface area contributed by atoms with Crippen LogP contribution in [0.3, 0.4) is 0 Å². The van der Waals surface area contributed by atoms with Gasteiger partial charge < -0.3 is 0 Å². The third-order valence-electron chi connectivity index (χ3n) is 1.41. The number of benzene rings is 1. The third-order valence-corrected chi connectivity index (χ3v) is 1.59. The average molecular weight is 201 g/mol. The van der Waals surface area contributed by atoms with Gasteiger partial charge in [-0.05, 0) is 23.7 Å². The van der Waals surface area contributed by atoms with E-state index >= 15 is 0 Å². The Bertz CT molecular complexity index is 384. The molecule has 0 aliphatic heterocycles. The molecule has 1 aromatic carbocycles. The molecule has 1 nitrogen and oxygen atoms in total. The maximum atomic E-state index is 12.9. The van der Waals surface area contributed by atoms with Crippen LogP contribution in [0.5, 0.6) is 0 Å². The van der Waals surface area contributed by atoms with Gasteiger partial charge in [-0.25, -0.2) is 8.78 Å². The molecule has 0 saturated heterocycles. The van der Waals surface area contributed by atoms with Crippen molar-refractivity contribution in [3.63, 3.8) is 0 Å². The Morgan fingerprint density at radius 2 is 1.85 bits per heavy atom. The van der Waals surface area contributed by atoms with E-state index in [9.17, 15) is 13.6 Å². The number of rotatable bonds is 1. The molecule has 1 rings (SSSR count). The fourth-order valence-electron chi connectivity index (χ4n) is 0.844. The van der Waals surface area contributed by atoms with Gasteiger partial charge in [-0.1, -0.05) is 5.92 Å². The summed E-state index contributed by atoms with van der Waals surface area (Å²) >= 11 is 4.94. The van der Waals surface area contributed by atoms with E-state index < -0.39 is 22.4 Å². The number of terminal acetylenes is 1. The van der Waals surface area contributed by atoms with Gasteiger partial charge in [-0.3, -0.25) is 4.79 Å². The second-order valence-electron chi connectivity index (χ2n) is 2.23. The Labute approximate surface area is 78.3 Å². The zero-order valence-corrected chi connectivity index (χ0v) is 7.03. The molecular weight excluding hydrogens is 198 g/mol. The first-order chi connectivity index (χ1) is 6.06. The van der Waals surface area contributed by atoms with Crippen LogP contribution in [0.2, 0.25) is 0 Å². The summed E-state index contributed by atoms with van der Waals surface area (Å²) in [7, 11) is 0.